The first-order valence-corrected chi connectivity index (χ1v) is 5.53. The number of anilines is 1. The molecule has 0 aromatic heterocycles. The Bertz CT molecular complexity index is 445. The summed E-state index contributed by atoms with van der Waals surface area (Å²) in [6.07, 6.45) is 4.12. The van der Waals surface area contributed by atoms with Gasteiger partial charge in [0.25, 0.3) is 0 Å². The molecule has 0 radical (unpaired) electrons. The summed E-state index contributed by atoms with van der Waals surface area (Å²) in [6.45, 7) is 0. The monoisotopic (exact) mass is 263 g/mol. The minimum Gasteiger partial charge on any atom is -0.287 e. The van der Waals surface area contributed by atoms with Crippen LogP contribution in [0.2, 0.25) is 1.41 Å². The van der Waals surface area contributed by atoms with Crippen molar-refractivity contribution in [3.63, 3.8) is 0 Å². The van der Waals surface area contributed by atoms with Gasteiger partial charge in [0, 0.05) is 10.4 Å². The zero-order valence-electron chi connectivity index (χ0n) is 9.02. The van der Waals surface area contributed by atoms with Crippen molar-refractivity contribution >= 4 is 27.5 Å². The Morgan fingerprint density at radius 2 is 2.20 bits per heavy atom. The van der Waals surface area contributed by atoms with E-state index in [1.54, 1.807) is 0 Å². The van der Waals surface area contributed by atoms with Crippen LogP contribution in [0.4, 0.5) is 5.69 Å². The number of hydrogen-bond acceptors (Lipinski definition) is 2. The summed E-state index contributed by atoms with van der Waals surface area (Å²) in [5, 5.41) is 12.6. The van der Waals surface area contributed by atoms with Gasteiger partial charge in [-0.15, -0.1) is 0 Å². The number of amidine groups is 1. The van der Waals surface area contributed by atoms with E-state index in [2.05, 4.69) is 27.5 Å². The van der Waals surface area contributed by atoms with Crippen LogP contribution in [-0.2, 0) is 0 Å². The SMILES string of the molecule is [H]/N=C(\C1CC1)N(C#N)c1ccc(Br)cc1. The van der Waals surface area contributed by atoms with Gasteiger partial charge in [-0.1, -0.05) is 15.9 Å². The molecular formula is C11H10BrN3. The van der Waals surface area contributed by atoms with Crippen molar-refractivity contribution in [3.05, 3.63) is 28.7 Å². The van der Waals surface area contributed by atoms with Gasteiger partial charge in [0.15, 0.2) is 7.60 Å². The van der Waals surface area contributed by atoms with E-state index in [0.29, 0.717) is 5.84 Å². The Kier molecular flexibility index (Phi) is 2.40. The molecular weight excluding hydrogens is 254 g/mol. The van der Waals surface area contributed by atoms with Crippen molar-refractivity contribution < 1.29 is 1.41 Å². The van der Waals surface area contributed by atoms with Gasteiger partial charge >= 0.3 is 0 Å². The Hall–Kier alpha value is -1.34. The standard InChI is InChI=1S/C11H10BrN3/c12-9-3-5-10(6-4-9)15(7-13)11(14)8-1-2-8/h3-6,8,14H,1-2H2/b14-11+. The second-order valence-corrected chi connectivity index (χ2v) is 4.46. The normalized spacial score (nSPS) is 16.8. The van der Waals surface area contributed by atoms with Crippen LogP contribution in [-0.4, -0.2) is 5.84 Å². The van der Waals surface area contributed by atoms with Crippen molar-refractivity contribution in [2.24, 2.45) is 5.92 Å². The van der Waals surface area contributed by atoms with Gasteiger partial charge < -0.3 is 0 Å². The highest BCUT2D eigenvalue weighted by Gasteiger charge is 2.30. The van der Waals surface area contributed by atoms with Crippen molar-refractivity contribution in [2.75, 3.05) is 4.90 Å². The van der Waals surface area contributed by atoms with Gasteiger partial charge in [0.2, 0.25) is 0 Å². The van der Waals surface area contributed by atoms with E-state index in [4.69, 9.17) is 6.67 Å². The number of nitriles is 1. The summed E-state index contributed by atoms with van der Waals surface area (Å²) in [5.41, 5.74) is 0.753. The summed E-state index contributed by atoms with van der Waals surface area (Å²) in [6, 6.07) is 7.41. The molecule has 76 valence electrons. The first-order valence-electron chi connectivity index (χ1n) is 5.18. The molecule has 0 aliphatic heterocycles. The lowest BCUT2D eigenvalue weighted by Gasteiger charge is -2.15. The maximum Gasteiger partial charge on any atom is 0.190 e. The van der Waals surface area contributed by atoms with Gasteiger partial charge in [0.1, 0.15) is 5.84 Å². The molecule has 3 nitrogen and oxygen atoms in total. The van der Waals surface area contributed by atoms with E-state index in [-0.39, 0.29) is 5.92 Å². The lowest BCUT2D eigenvalue weighted by Crippen LogP contribution is -2.26. The third-order valence-corrected chi connectivity index (χ3v) is 2.89. The highest BCUT2D eigenvalue weighted by Crippen LogP contribution is 2.32. The summed E-state index contributed by atoms with van der Waals surface area (Å²) < 4.78 is 8.10. The van der Waals surface area contributed by atoms with Crippen LogP contribution >= 0.6 is 15.9 Å². The highest BCUT2D eigenvalue weighted by molar-refractivity contribution is 9.10. The number of benzene rings is 1. The van der Waals surface area contributed by atoms with Gasteiger partial charge in [-0.05, 0) is 37.1 Å². The summed E-state index contributed by atoms with van der Waals surface area (Å²) in [5.74, 6) is 0.825. The van der Waals surface area contributed by atoms with Gasteiger partial charge in [-0.25, -0.2) is 4.90 Å². The molecule has 2 rings (SSSR count). The van der Waals surface area contributed by atoms with Gasteiger partial charge in [-0.3, -0.25) is 5.40 Å². The Balaban J connectivity index is 2.28. The topological polar surface area (TPSA) is 50.9 Å². The van der Waals surface area contributed by atoms with E-state index in [1.165, 1.54) is 4.90 Å². The van der Waals surface area contributed by atoms with Crippen LogP contribution in [0.5, 0.6) is 0 Å². The fraction of sp³-hybridized carbons (Fsp3) is 0.273. The van der Waals surface area contributed by atoms with Crippen molar-refractivity contribution in [1.29, 1.82) is 10.7 Å². The molecule has 1 fully saturated rings. The Morgan fingerprint density at radius 3 is 2.67 bits per heavy atom. The fourth-order valence-corrected chi connectivity index (χ4v) is 1.62. The van der Waals surface area contributed by atoms with Gasteiger partial charge in [0.05, 0.1) is 5.69 Å². The third kappa shape index (κ3) is 2.18. The second kappa shape index (κ2) is 4.03. The van der Waals surface area contributed by atoms with Gasteiger partial charge in [-0.2, -0.15) is 5.26 Å². The molecule has 15 heavy (non-hydrogen) atoms. The number of nitrogens with one attached hydrogen (secondary N) is 1. The van der Waals surface area contributed by atoms with Crippen LogP contribution in [0.1, 0.15) is 12.8 Å². The molecule has 1 aromatic carbocycles. The van der Waals surface area contributed by atoms with Crippen LogP contribution in [0.3, 0.4) is 0 Å². The lowest BCUT2D eigenvalue weighted by atomic mass is 10.2. The molecule has 1 aromatic rings. The first-order chi connectivity index (χ1) is 7.76. The largest absolute Gasteiger partial charge is 0.287 e. The van der Waals surface area contributed by atoms with E-state index in [0.717, 1.165) is 23.0 Å². The van der Waals surface area contributed by atoms with Crippen molar-refractivity contribution in [1.82, 2.24) is 0 Å². The molecule has 0 unspecified atom stereocenters. The maximum atomic E-state index is 9.13. The average Bonchev–Trinajstić information content (AvgIpc) is 3.11. The molecule has 0 spiro atoms. The first kappa shape index (κ1) is 8.93. The number of hydrogen-bond donors (Lipinski definition) is 1. The molecule has 0 amide bonds. The van der Waals surface area contributed by atoms with E-state index in [1.807, 2.05) is 24.3 Å². The minimum atomic E-state index is 0.279. The third-order valence-electron chi connectivity index (χ3n) is 2.36. The lowest BCUT2D eigenvalue weighted by molar-refractivity contribution is 1.10. The van der Waals surface area contributed by atoms with E-state index >= 15 is 0 Å². The van der Waals surface area contributed by atoms with E-state index < -0.39 is 0 Å². The number of halogens is 1. The number of rotatable bonds is 2. The van der Waals surface area contributed by atoms with Crippen molar-refractivity contribution in [3.8, 4) is 6.19 Å². The quantitative estimate of drug-likeness (QED) is 0.386. The summed E-state index contributed by atoms with van der Waals surface area (Å²) in [7, 11) is 0. The highest BCUT2D eigenvalue weighted by atomic mass is 79.9. The predicted molar refractivity (Wildman–Crippen MR) is 62.7 cm³/mol. The zero-order chi connectivity index (χ0) is 11.5. The smallest absolute Gasteiger partial charge is 0.190 e. The van der Waals surface area contributed by atoms with Crippen molar-refractivity contribution in [2.45, 2.75) is 12.8 Å². The molecule has 4 heteroatoms. The molecule has 0 bridgehead atoms. The van der Waals surface area contributed by atoms with Crippen LogP contribution < -0.4 is 4.90 Å². The Labute approximate surface area is 98.4 Å². The van der Waals surface area contributed by atoms with Crippen LogP contribution in [0.25, 0.3) is 0 Å². The Morgan fingerprint density at radius 1 is 1.53 bits per heavy atom. The molecule has 0 heterocycles. The number of nitrogens with zero attached hydrogens (tertiary/aromatic N) is 2. The molecule has 1 aliphatic rings. The summed E-state index contributed by atoms with van der Waals surface area (Å²) in [4.78, 5) is 1.43. The average molecular weight is 264 g/mol. The molecule has 1 aliphatic carbocycles. The molecule has 0 atom stereocenters. The molecule has 1 N–H and O–H groups in total. The second-order valence-electron chi connectivity index (χ2n) is 3.54. The molecule has 0 saturated heterocycles. The van der Waals surface area contributed by atoms with E-state index in [9.17, 15) is 0 Å². The summed E-state index contributed by atoms with van der Waals surface area (Å²) >= 11 is 3.34. The molecule has 1 saturated carbocycles. The minimum absolute atomic E-state index is 0.279. The zero-order valence-corrected chi connectivity index (χ0v) is 9.61. The van der Waals surface area contributed by atoms with Crippen LogP contribution in [0.15, 0.2) is 28.7 Å². The van der Waals surface area contributed by atoms with Crippen LogP contribution in [0, 0.1) is 22.8 Å². The maximum absolute atomic E-state index is 9.13. The fourth-order valence-electron chi connectivity index (χ4n) is 1.36. The predicted octanol–water partition coefficient (Wildman–Crippen LogP) is 3.12.